The predicted molar refractivity (Wildman–Crippen MR) is 73.3 cm³/mol. The Bertz CT molecular complexity index is 523. The molecule has 1 unspecified atom stereocenters. The number of anilines is 1. The molecule has 1 aromatic rings. The molecule has 0 radical (unpaired) electrons. The smallest absolute Gasteiger partial charge is 0.335 e. The fourth-order valence-corrected chi connectivity index (χ4v) is 2.50. The Morgan fingerprint density at radius 1 is 1.42 bits per heavy atom. The number of nitrogens with one attached hydrogen (secondary N) is 1. The minimum absolute atomic E-state index is 0.113. The van der Waals surface area contributed by atoms with E-state index in [1.807, 2.05) is 0 Å². The summed E-state index contributed by atoms with van der Waals surface area (Å²) in [5, 5.41) is 11.7. The molecule has 1 aliphatic heterocycles. The highest BCUT2D eigenvalue weighted by atomic mass is 79.9. The zero-order valence-corrected chi connectivity index (χ0v) is 12.0. The van der Waals surface area contributed by atoms with Gasteiger partial charge in [0.1, 0.15) is 5.60 Å². The molecule has 1 amide bonds. The van der Waals surface area contributed by atoms with Crippen LogP contribution in [-0.2, 0) is 9.53 Å². The van der Waals surface area contributed by atoms with E-state index < -0.39 is 11.6 Å². The zero-order valence-electron chi connectivity index (χ0n) is 10.4. The lowest BCUT2D eigenvalue weighted by atomic mass is 10.0. The Kier molecular flexibility index (Phi) is 3.91. The van der Waals surface area contributed by atoms with E-state index in [2.05, 4.69) is 21.2 Å². The van der Waals surface area contributed by atoms with Crippen LogP contribution in [0.3, 0.4) is 0 Å². The molecule has 2 rings (SSSR count). The van der Waals surface area contributed by atoms with Crippen LogP contribution in [-0.4, -0.2) is 29.2 Å². The van der Waals surface area contributed by atoms with Crippen molar-refractivity contribution in [2.75, 3.05) is 11.9 Å². The monoisotopic (exact) mass is 327 g/mol. The zero-order chi connectivity index (χ0) is 14.0. The van der Waals surface area contributed by atoms with E-state index in [0.717, 1.165) is 6.42 Å². The maximum atomic E-state index is 12.1. The Hall–Kier alpha value is -1.40. The number of aromatic carboxylic acids is 1. The molecular weight excluding hydrogens is 314 g/mol. The van der Waals surface area contributed by atoms with Crippen molar-refractivity contribution in [2.45, 2.75) is 25.4 Å². The Morgan fingerprint density at radius 3 is 2.74 bits per heavy atom. The fraction of sp³-hybridized carbons (Fsp3) is 0.385. The number of ether oxygens (including phenoxy) is 1. The Morgan fingerprint density at radius 2 is 2.16 bits per heavy atom. The minimum Gasteiger partial charge on any atom is -0.478 e. The summed E-state index contributed by atoms with van der Waals surface area (Å²) in [5.41, 5.74) is -0.276. The predicted octanol–water partition coefficient (Wildman–Crippen LogP) is 2.65. The maximum Gasteiger partial charge on any atom is 0.335 e. The number of carboxylic acid groups (broad SMARTS) is 1. The third-order valence-corrected chi connectivity index (χ3v) is 3.56. The van der Waals surface area contributed by atoms with Crippen molar-refractivity contribution >= 4 is 33.5 Å². The number of rotatable bonds is 3. The summed E-state index contributed by atoms with van der Waals surface area (Å²) in [6.45, 7) is 2.31. The summed E-state index contributed by atoms with van der Waals surface area (Å²) in [5.74, 6) is -1.29. The number of carboxylic acids is 1. The topological polar surface area (TPSA) is 75.6 Å². The summed E-state index contributed by atoms with van der Waals surface area (Å²) >= 11 is 3.22. The lowest BCUT2D eigenvalue weighted by Gasteiger charge is -2.22. The molecule has 19 heavy (non-hydrogen) atoms. The molecule has 102 valence electrons. The van der Waals surface area contributed by atoms with Crippen LogP contribution < -0.4 is 5.32 Å². The highest BCUT2D eigenvalue weighted by Crippen LogP contribution is 2.27. The first kappa shape index (κ1) is 14.0. The number of carbonyl (C=O) groups excluding carboxylic acids is 1. The van der Waals surface area contributed by atoms with Crippen LogP contribution in [0.1, 0.15) is 30.1 Å². The van der Waals surface area contributed by atoms with Gasteiger partial charge in [-0.1, -0.05) is 15.9 Å². The molecule has 0 spiro atoms. The van der Waals surface area contributed by atoms with Crippen molar-refractivity contribution < 1.29 is 19.4 Å². The van der Waals surface area contributed by atoms with E-state index in [4.69, 9.17) is 9.84 Å². The normalized spacial score (nSPS) is 22.2. The first-order valence-corrected chi connectivity index (χ1v) is 6.69. The molecule has 2 N–H and O–H groups in total. The van der Waals surface area contributed by atoms with Crippen LogP contribution in [0, 0.1) is 0 Å². The van der Waals surface area contributed by atoms with Crippen molar-refractivity contribution in [3.8, 4) is 0 Å². The second kappa shape index (κ2) is 5.30. The number of amides is 1. The molecule has 0 saturated carbocycles. The molecule has 1 atom stereocenters. The second-order valence-corrected chi connectivity index (χ2v) is 5.59. The van der Waals surface area contributed by atoms with Crippen LogP contribution in [0.4, 0.5) is 5.69 Å². The third kappa shape index (κ3) is 3.13. The van der Waals surface area contributed by atoms with Gasteiger partial charge in [0.15, 0.2) is 0 Å². The molecular formula is C13H14BrNO4. The average Bonchev–Trinajstić information content (AvgIpc) is 2.76. The minimum atomic E-state index is -1.04. The highest BCUT2D eigenvalue weighted by molar-refractivity contribution is 9.10. The lowest BCUT2D eigenvalue weighted by molar-refractivity contribution is -0.133. The summed E-state index contributed by atoms with van der Waals surface area (Å²) in [4.78, 5) is 23.1. The molecule has 1 fully saturated rings. The third-order valence-electron chi connectivity index (χ3n) is 3.10. The number of benzene rings is 1. The SMILES string of the molecule is CC1(C(=O)Nc2cc(Br)cc(C(=O)O)c2)CCCO1. The van der Waals surface area contributed by atoms with Gasteiger partial charge in [0.05, 0.1) is 5.56 Å². The second-order valence-electron chi connectivity index (χ2n) is 4.67. The van der Waals surface area contributed by atoms with E-state index in [1.165, 1.54) is 12.1 Å². The van der Waals surface area contributed by atoms with Gasteiger partial charge in [0.2, 0.25) is 0 Å². The van der Waals surface area contributed by atoms with Gasteiger partial charge in [-0.2, -0.15) is 0 Å². The van der Waals surface area contributed by atoms with Crippen molar-refractivity contribution in [3.05, 3.63) is 28.2 Å². The standard InChI is InChI=1S/C13H14BrNO4/c1-13(3-2-4-19-13)12(18)15-10-6-8(11(16)17)5-9(14)7-10/h5-7H,2-4H2,1H3,(H,15,18)(H,16,17). The van der Waals surface area contributed by atoms with E-state index in [-0.39, 0.29) is 11.5 Å². The van der Waals surface area contributed by atoms with E-state index >= 15 is 0 Å². The van der Waals surface area contributed by atoms with Gasteiger partial charge in [-0.15, -0.1) is 0 Å². The van der Waals surface area contributed by atoms with Gasteiger partial charge in [-0.3, -0.25) is 4.79 Å². The fourth-order valence-electron chi connectivity index (χ4n) is 2.01. The van der Waals surface area contributed by atoms with Crippen molar-refractivity contribution in [3.63, 3.8) is 0 Å². The van der Waals surface area contributed by atoms with E-state index in [9.17, 15) is 9.59 Å². The van der Waals surface area contributed by atoms with E-state index in [0.29, 0.717) is 23.2 Å². The van der Waals surface area contributed by atoms with Crippen molar-refractivity contribution in [1.29, 1.82) is 0 Å². The van der Waals surface area contributed by atoms with Gasteiger partial charge < -0.3 is 15.2 Å². The Balaban J connectivity index is 2.19. The molecule has 1 heterocycles. The molecule has 1 aliphatic rings. The number of halogens is 1. The summed E-state index contributed by atoms with van der Waals surface area (Å²) in [7, 11) is 0. The van der Waals surface area contributed by atoms with Crippen molar-refractivity contribution in [1.82, 2.24) is 0 Å². The number of carbonyl (C=O) groups is 2. The van der Waals surface area contributed by atoms with Gasteiger partial charge in [-0.25, -0.2) is 4.79 Å². The van der Waals surface area contributed by atoms with Crippen molar-refractivity contribution in [2.24, 2.45) is 0 Å². The number of hydrogen-bond acceptors (Lipinski definition) is 3. The molecule has 6 heteroatoms. The molecule has 0 aliphatic carbocycles. The van der Waals surface area contributed by atoms with Gasteiger partial charge in [0.25, 0.3) is 5.91 Å². The summed E-state index contributed by atoms with van der Waals surface area (Å²) in [6.07, 6.45) is 1.52. The van der Waals surface area contributed by atoms with Crippen LogP contribution in [0.25, 0.3) is 0 Å². The lowest BCUT2D eigenvalue weighted by Crippen LogP contribution is -2.39. The van der Waals surface area contributed by atoms with Gasteiger partial charge in [0, 0.05) is 16.8 Å². The van der Waals surface area contributed by atoms with Crippen LogP contribution in [0.5, 0.6) is 0 Å². The van der Waals surface area contributed by atoms with Crippen LogP contribution >= 0.6 is 15.9 Å². The van der Waals surface area contributed by atoms with E-state index in [1.54, 1.807) is 13.0 Å². The van der Waals surface area contributed by atoms with Crippen LogP contribution in [0.2, 0.25) is 0 Å². The highest BCUT2D eigenvalue weighted by Gasteiger charge is 2.37. The Labute approximate surface area is 119 Å². The molecule has 1 aromatic carbocycles. The van der Waals surface area contributed by atoms with Crippen LogP contribution in [0.15, 0.2) is 22.7 Å². The molecule has 1 saturated heterocycles. The summed E-state index contributed by atoms with van der Waals surface area (Å²) in [6, 6.07) is 4.55. The summed E-state index contributed by atoms with van der Waals surface area (Å²) < 4.78 is 6.04. The largest absolute Gasteiger partial charge is 0.478 e. The number of hydrogen-bond donors (Lipinski definition) is 2. The maximum absolute atomic E-state index is 12.1. The van der Waals surface area contributed by atoms with Gasteiger partial charge >= 0.3 is 5.97 Å². The molecule has 0 aromatic heterocycles. The van der Waals surface area contributed by atoms with Gasteiger partial charge in [-0.05, 0) is 38.0 Å². The quantitative estimate of drug-likeness (QED) is 0.894. The molecule has 0 bridgehead atoms. The first-order valence-electron chi connectivity index (χ1n) is 5.90. The molecule has 5 nitrogen and oxygen atoms in total. The first-order chi connectivity index (χ1) is 8.90. The average molecular weight is 328 g/mol.